The third kappa shape index (κ3) is 3.30. The lowest BCUT2D eigenvalue weighted by atomic mass is 10.2. The lowest BCUT2D eigenvalue weighted by molar-refractivity contribution is -0.137. The Morgan fingerprint density at radius 2 is 1.87 bits per heavy atom. The van der Waals surface area contributed by atoms with Gasteiger partial charge >= 0.3 is 11.9 Å². The van der Waals surface area contributed by atoms with Gasteiger partial charge in [0.2, 0.25) is 0 Å². The summed E-state index contributed by atoms with van der Waals surface area (Å²) in [4.78, 5) is 38.9. The molecule has 1 N–H and O–H groups in total. The van der Waals surface area contributed by atoms with Crippen LogP contribution in [0.1, 0.15) is 15.9 Å². The van der Waals surface area contributed by atoms with Crippen LogP contribution in [0.15, 0.2) is 34.1 Å². The lowest BCUT2D eigenvalue weighted by Crippen LogP contribution is -2.40. The number of anilines is 1. The smallest absolute Gasteiger partial charge is 0.306 e. The number of aromatic nitrogens is 3. The molecule has 2 aromatic heterocycles. The molecule has 23 heavy (non-hydrogen) atoms. The number of alkyl halides is 3. The van der Waals surface area contributed by atoms with Crippen LogP contribution in [-0.4, -0.2) is 20.0 Å². The number of aryl methyl sites for hydroxylation is 1. The number of rotatable bonds is 2. The molecule has 10 heteroatoms. The van der Waals surface area contributed by atoms with Crippen molar-refractivity contribution in [2.24, 2.45) is 14.1 Å². The summed E-state index contributed by atoms with van der Waals surface area (Å²) < 4.78 is 39.1. The van der Waals surface area contributed by atoms with E-state index in [0.717, 1.165) is 27.5 Å². The zero-order valence-corrected chi connectivity index (χ0v) is 12.0. The molecule has 0 atom stereocenters. The van der Waals surface area contributed by atoms with Crippen molar-refractivity contribution in [1.29, 1.82) is 0 Å². The van der Waals surface area contributed by atoms with Gasteiger partial charge in [-0.2, -0.15) is 13.2 Å². The highest BCUT2D eigenvalue weighted by Gasteiger charge is 2.30. The molecule has 0 radical (unpaired) electrons. The van der Waals surface area contributed by atoms with Gasteiger partial charge in [-0.05, 0) is 12.1 Å². The van der Waals surface area contributed by atoms with Crippen LogP contribution in [0.3, 0.4) is 0 Å². The second kappa shape index (κ2) is 5.71. The Bertz CT molecular complexity index is 866. The summed E-state index contributed by atoms with van der Waals surface area (Å²) in [5.41, 5.74) is -2.73. The minimum Gasteiger partial charge on any atom is -0.306 e. The average Bonchev–Trinajstić information content (AvgIpc) is 2.48. The number of carbonyl (C=O) groups excluding carboxylic acids is 1. The fourth-order valence-electron chi connectivity index (χ4n) is 1.78. The Kier molecular flexibility index (Phi) is 4.08. The van der Waals surface area contributed by atoms with E-state index in [1.807, 2.05) is 0 Å². The van der Waals surface area contributed by atoms with E-state index in [1.165, 1.54) is 14.1 Å². The van der Waals surface area contributed by atoms with Crippen molar-refractivity contribution in [3.63, 3.8) is 0 Å². The molecule has 0 aromatic carbocycles. The number of nitrogens with one attached hydrogen (secondary N) is 1. The van der Waals surface area contributed by atoms with Gasteiger partial charge in [0.25, 0.3) is 11.5 Å². The van der Waals surface area contributed by atoms with E-state index in [9.17, 15) is 27.6 Å². The second-order valence-electron chi connectivity index (χ2n) is 4.68. The molecule has 0 aliphatic heterocycles. The Labute approximate surface area is 127 Å². The molecule has 2 aromatic rings. The molecule has 0 saturated heterocycles. The Balaban J connectivity index is 2.30. The van der Waals surface area contributed by atoms with Crippen LogP contribution in [0.5, 0.6) is 0 Å². The molecule has 0 saturated carbocycles. The number of pyridine rings is 1. The standard InChI is InChI=1S/C13H11F3N4O3/c1-19-6-8(11(22)20(2)12(19)23)10(21)18-9-4-3-7(5-17-9)13(14,15)16/h3-6H,1-2H3,(H,17,18,21). The zero-order valence-electron chi connectivity index (χ0n) is 12.0. The predicted molar refractivity (Wildman–Crippen MR) is 74.1 cm³/mol. The molecule has 0 fully saturated rings. The van der Waals surface area contributed by atoms with Gasteiger partial charge in [-0.3, -0.25) is 14.2 Å². The van der Waals surface area contributed by atoms with Crippen LogP contribution in [0, 0.1) is 0 Å². The van der Waals surface area contributed by atoms with Crippen molar-refractivity contribution in [3.05, 3.63) is 56.5 Å². The van der Waals surface area contributed by atoms with E-state index in [1.54, 1.807) is 0 Å². The maximum atomic E-state index is 12.4. The largest absolute Gasteiger partial charge is 0.417 e. The summed E-state index contributed by atoms with van der Waals surface area (Å²) in [6.45, 7) is 0. The van der Waals surface area contributed by atoms with E-state index >= 15 is 0 Å². The van der Waals surface area contributed by atoms with Gasteiger partial charge in [0.1, 0.15) is 11.4 Å². The molecule has 7 nitrogen and oxygen atoms in total. The normalized spacial score (nSPS) is 11.3. The number of halogens is 3. The van der Waals surface area contributed by atoms with Crippen molar-refractivity contribution in [3.8, 4) is 0 Å². The quantitative estimate of drug-likeness (QED) is 0.881. The third-order valence-electron chi connectivity index (χ3n) is 3.02. The molecule has 0 spiro atoms. The SMILES string of the molecule is Cn1cc(C(=O)Nc2ccc(C(F)(F)F)cn2)c(=O)n(C)c1=O. The van der Waals surface area contributed by atoms with E-state index in [4.69, 9.17) is 0 Å². The van der Waals surface area contributed by atoms with Gasteiger partial charge in [-0.15, -0.1) is 0 Å². The topological polar surface area (TPSA) is 86.0 Å². The molecule has 0 unspecified atom stereocenters. The van der Waals surface area contributed by atoms with Crippen molar-refractivity contribution >= 4 is 11.7 Å². The maximum Gasteiger partial charge on any atom is 0.417 e. The van der Waals surface area contributed by atoms with Gasteiger partial charge in [-0.25, -0.2) is 9.78 Å². The highest BCUT2D eigenvalue weighted by atomic mass is 19.4. The Morgan fingerprint density at radius 1 is 1.22 bits per heavy atom. The fourth-order valence-corrected chi connectivity index (χ4v) is 1.78. The van der Waals surface area contributed by atoms with Crippen LogP contribution in [0.4, 0.5) is 19.0 Å². The fraction of sp³-hybridized carbons (Fsp3) is 0.231. The van der Waals surface area contributed by atoms with Crippen molar-refractivity contribution in [2.75, 3.05) is 5.32 Å². The second-order valence-corrected chi connectivity index (χ2v) is 4.68. The summed E-state index contributed by atoms with van der Waals surface area (Å²) in [6.07, 6.45) is -2.93. The van der Waals surface area contributed by atoms with Crippen LogP contribution in [-0.2, 0) is 20.3 Å². The first-order chi connectivity index (χ1) is 10.6. The molecule has 0 aliphatic rings. The monoisotopic (exact) mass is 328 g/mol. The van der Waals surface area contributed by atoms with Gasteiger partial charge in [0.15, 0.2) is 0 Å². The summed E-state index contributed by atoms with van der Waals surface area (Å²) in [7, 11) is 2.56. The number of carbonyl (C=O) groups is 1. The molecule has 1 amide bonds. The van der Waals surface area contributed by atoms with Crippen molar-refractivity contribution in [2.45, 2.75) is 6.18 Å². The molecule has 0 aliphatic carbocycles. The molecule has 2 rings (SSSR count). The molecule has 0 bridgehead atoms. The average molecular weight is 328 g/mol. The summed E-state index contributed by atoms with van der Waals surface area (Å²) in [6, 6.07) is 1.72. The maximum absolute atomic E-state index is 12.4. The highest BCUT2D eigenvalue weighted by molar-refractivity contribution is 6.03. The van der Waals surface area contributed by atoms with Crippen LogP contribution in [0.25, 0.3) is 0 Å². The van der Waals surface area contributed by atoms with E-state index in [-0.39, 0.29) is 11.4 Å². The van der Waals surface area contributed by atoms with Crippen molar-refractivity contribution in [1.82, 2.24) is 14.1 Å². The van der Waals surface area contributed by atoms with E-state index in [2.05, 4.69) is 10.3 Å². The summed E-state index contributed by atoms with van der Waals surface area (Å²) >= 11 is 0. The molecule has 2 heterocycles. The highest BCUT2D eigenvalue weighted by Crippen LogP contribution is 2.28. The van der Waals surface area contributed by atoms with Crippen LogP contribution >= 0.6 is 0 Å². The first-order valence-corrected chi connectivity index (χ1v) is 6.22. The minimum atomic E-state index is -4.54. The van der Waals surface area contributed by atoms with Crippen LogP contribution in [0.2, 0.25) is 0 Å². The van der Waals surface area contributed by atoms with E-state index < -0.39 is 28.9 Å². The summed E-state index contributed by atoms with van der Waals surface area (Å²) in [5, 5.41) is 2.21. The number of hydrogen-bond acceptors (Lipinski definition) is 4. The number of nitrogens with zero attached hydrogens (tertiary/aromatic N) is 3. The van der Waals surface area contributed by atoms with Gasteiger partial charge in [-0.1, -0.05) is 0 Å². The van der Waals surface area contributed by atoms with Gasteiger partial charge in [0.05, 0.1) is 5.56 Å². The summed E-state index contributed by atoms with van der Waals surface area (Å²) in [5.74, 6) is -1.03. The number of hydrogen-bond donors (Lipinski definition) is 1. The Morgan fingerprint density at radius 3 is 2.39 bits per heavy atom. The van der Waals surface area contributed by atoms with Crippen LogP contribution < -0.4 is 16.6 Å². The molecule has 122 valence electrons. The van der Waals surface area contributed by atoms with E-state index in [0.29, 0.717) is 6.20 Å². The number of amides is 1. The van der Waals surface area contributed by atoms with Crippen molar-refractivity contribution < 1.29 is 18.0 Å². The first kappa shape index (κ1) is 16.5. The van der Waals surface area contributed by atoms with Gasteiger partial charge < -0.3 is 9.88 Å². The molecular weight excluding hydrogens is 317 g/mol. The predicted octanol–water partition coefficient (Wildman–Crippen LogP) is 0.750. The van der Waals surface area contributed by atoms with Gasteiger partial charge in [0, 0.05) is 26.5 Å². The third-order valence-corrected chi connectivity index (χ3v) is 3.02. The molecular formula is C13H11F3N4O3. The Hall–Kier alpha value is -2.91. The minimum absolute atomic E-state index is 0.154. The first-order valence-electron chi connectivity index (χ1n) is 6.22. The zero-order chi connectivity index (χ0) is 17.4. The lowest BCUT2D eigenvalue weighted by Gasteiger charge is -2.09.